The fraction of sp³-hybridized carbons (Fsp3) is 0.692. The first-order valence-electron chi connectivity index (χ1n) is 7.12. The number of aromatic carboxylic acids is 1. The number of carbonyl (C=O) groups is 2. The third kappa shape index (κ3) is 3.78. The van der Waals surface area contributed by atoms with Crippen molar-refractivity contribution >= 4 is 11.9 Å². The highest BCUT2D eigenvalue weighted by molar-refractivity contribution is 5.84. The fourth-order valence-corrected chi connectivity index (χ4v) is 2.55. The summed E-state index contributed by atoms with van der Waals surface area (Å²) in [5.41, 5.74) is -0.151. The number of nitrogens with zero attached hydrogens (tertiary/aromatic N) is 5. The Balaban J connectivity index is 1.89. The lowest BCUT2D eigenvalue weighted by Gasteiger charge is -2.36. The highest BCUT2D eigenvalue weighted by Gasteiger charge is 2.25. The normalized spacial score (nSPS) is 16.9. The number of amides is 1. The summed E-state index contributed by atoms with van der Waals surface area (Å²) >= 11 is 0. The predicted molar refractivity (Wildman–Crippen MR) is 74.9 cm³/mol. The molecule has 116 valence electrons. The van der Waals surface area contributed by atoms with Crippen molar-refractivity contribution < 1.29 is 14.7 Å². The second kappa shape index (κ2) is 6.66. The largest absolute Gasteiger partial charge is 0.476 e. The lowest BCUT2D eigenvalue weighted by Crippen LogP contribution is -2.46. The number of carbonyl (C=O) groups excluding carboxylic acids is 1. The molecule has 1 fully saturated rings. The minimum atomic E-state index is -1.14. The molecule has 0 bridgehead atoms. The van der Waals surface area contributed by atoms with Crippen molar-refractivity contribution in [2.75, 3.05) is 26.7 Å². The van der Waals surface area contributed by atoms with Gasteiger partial charge < -0.3 is 14.9 Å². The number of likely N-dealkylation sites (N-methyl/N-ethyl adjacent to an activating group) is 1. The van der Waals surface area contributed by atoms with Gasteiger partial charge in [-0.15, -0.1) is 5.10 Å². The van der Waals surface area contributed by atoms with Gasteiger partial charge in [-0.3, -0.25) is 4.79 Å². The van der Waals surface area contributed by atoms with Crippen LogP contribution in [0.3, 0.4) is 0 Å². The summed E-state index contributed by atoms with van der Waals surface area (Å²) in [6.07, 6.45) is 3.20. The number of piperidine rings is 1. The summed E-state index contributed by atoms with van der Waals surface area (Å²) in [5.74, 6) is -1.22. The van der Waals surface area contributed by atoms with Crippen LogP contribution in [0.25, 0.3) is 0 Å². The molecule has 0 aromatic carbocycles. The van der Waals surface area contributed by atoms with Crippen LogP contribution in [-0.2, 0) is 11.3 Å². The van der Waals surface area contributed by atoms with E-state index in [4.69, 9.17) is 5.11 Å². The summed E-state index contributed by atoms with van der Waals surface area (Å²) in [6, 6.07) is 0.239. The molecule has 0 aliphatic carbocycles. The zero-order valence-electron chi connectivity index (χ0n) is 12.4. The van der Waals surface area contributed by atoms with Gasteiger partial charge in [0.05, 0.1) is 6.20 Å². The molecule has 1 saturated heterocycles. The van der Waals surface area contributed by atoms with E-state index in [1.807, 2.05) is 0 Å². The summed E-state index contributed by atoms with van der Waals surface area (Å²) in [6.45, 7) is 5.21. The van der Waals surface area contributed by atoms with Crippen LogP contribution in [0, 0.1) is 0 Å². The Morgan fingerprint density at radius 2 is 2.10 bits per heavy atom. The number of hydrogen-bond donors (Lipinski definition) is 1. The first-order valence-corrected chi connectivity index (χ1v) is 7.12. The van der Waals surface area contributed by atoms with E-state index in [0.717, 1.165) is 32.5 Å². The molecule has 2 heterocycles. The van der Waals surface area contributed by atoms with Gasteiger partial charge in [-0.05, 0) is 19.4 Å². The van der Waals surface area contributed by atoms with Crippen LogP contribution in [-0.4, -0.2) is 74.5 Å². The monoisotopic (exact) mass is 295 g/mol. The zero-order valence-corrected chi connectivity index (χ0v) is 12.4. The standard InChI is InChI=1S/C13H21N5O3/c1-3-17-6-4-10(5-7-17)16(2)12(19)9-18-8-11(13(20)21)14-15-18/h8,10H,3-7,9H2,1-2H3,(H,20,21). The summed E-state index contributed by atoms with van der Waals surface area (Å²) in [7, 11) is 1.80. The van der Waals surface area contributed by atoms with Gasteiger partial charge in [0.2, 0.25) is 5.91 Å². The number of carboxylic acid groups (broad SMARTS) is 1. The quantitative estimate of drug-likeness (QED) is 0.817. The third-order valence-corrected chi connectivity index (χ3v) is 4.00. The third-order valence-electron chi connectivity index (χ3n) is 4.00. The molecule has 1 aliphatic heterocycles. The summed E-state index contributed by atoms with van der Waals surface area (Å²) in [4.78, 5) is 27.1. The maximum absolute atomic E-state index is 12.2. The van der Waals surface area contributed by atoms with Crippen LogP contribution in [0.15, 0.2) is 6.20 Å². The maximum Gasteiger partial charge on any atom is 0.358 e. The van der Waals surface area contributed by atoms with Gasteiger partial charge in [-0.2, -0.15) is 0 Å². The summed E-state index contributed by atoms with van der Waals surface area (Å²) < 4.78 is 1.27. The highest BCUT2D eigenvalue weighted by Crippen LogP contribution is 2.15. The molecule has 1 amide bonds. The van der Waals surface area contributed by atoms with Crippen LogP contribution in [0.5, 0.6) is 0 Å². The molecule has 0 atom stereocenters. The molecule has 0 spiro atoms. The molecule has 21 heavy (non-hydrogen) atoms. The molecule has 1 N–H and O–H groups in total. The van der Waals surface area contributed by atoms with Gasteiger partial charge in [-0.1, -0.05) is 12.1 Å². The number of hydrogen-bond acceptors (Lipinski definition) is 5. The van der Waals surface area contributed by atoms with Gasteiger partial charge in [0.1, 0.15) is 6.54 Å². The number of carboxylic acids is 1. The molecule has 2 rings (SSSR count). The zero-order chi connectivity index (χ0) is 15.4. The van der Waals surface area contributed by atoms with E-state index in [-0.39, 0.29) is 24.2 Å². The van der Waals surface area contributed by atoms with E-state index >= 15 is 0 Å². The molecular weight excluding hydrogens is 274 g/mol. The van der Waals surface area contributed by atoms with E-state index in [0.29, 0.717) is 0 Å². The Labute approximate surface area is 123 Å². The second-order valence-electron chi connectivity index (χ2n) is 5.28. The van der Waals surface area contributed by atoms with Crippen molar-refractivity contribution in [2.45, 2.75) is 32.4 Å². The van der Waals surface area contributed by atoms with Crippen molar-refractivity contribution in [3.63, 3.8) is 0 Å². The maximum atomic E-state index is 12.2. The lowest BCUT2D eigenvalue weighted by molar-refractivity contribution is -0.133. The van der Waals surface area contributed by atoms with Gasteiger partial charge >= 0.3 is 5.97 Å². The lowest BCUT2D eigenvalue weighted by atomic mass is 10.0. The predicted octanol–water partition coefficient (Wildman–Crippen LogP) is -0.0810. The first-order chi connectivity index (χ1) is 10.0. The Kier molecular flexibility index (Phi) is 4.89. The number of likely N-dealkylation sites (tertiary alicyclic amines) is 1. The van der Waals surface area contributed by atoms with E-state index in [1.54, 1.807) is 11.9 Å². The number of rotatable bonds is 5. The van der Waals surface area contributed by atoms with Crippen molar-refractivity contribution in [2.24, 2.45) is 0 Å². The molecular formula is C13H21N5O3. The molecule has 0 radical (unpaired) electrons. The van der Waals surface area contributed by atoms with Crippen molar-refractivity contribution in [1.82, 2.24) is 24.8 Å². The Hall–Kier alpha value is -1.96. The van der Waals surface area contributed by atoms with Gasteiger partial charge in [0.25, 0.3) is 0 Å². The molecule has 0 unspecified atom stereocenters. The van der Waals surface area contributed by atoms with Crippen molar-refractivity contribution in [3.8, 4) is 0 Å². The molecule has 1 aromatic rings. The van der Waals surface area contributed by atoms with E-state index in [1.165, 1.54) is 10.9 Å². The highest BCUT2D eigenvalue weighted by atomic mass is 16.4. The molecule has 1 aromatic heterocycles. The van der Waals surface area contributed by atoms with E-state index in [2.05, 4.69) is 22.1 Å². The van der Waals surface area contributed by atoms with Gasteiger partial charge in [-0.25, -0.2) is 9.48 Å². The van der Waals surface area contributed by atoms with Gasteiger partial charge in [0.15, 0.2) is 5.69 Å². The molecule has 1 aliphatic rings. The molecule has 8 heteroatoms. The van der Waals surface area contributed by atoms with Crippen LogP contribution in [0.1, 0.15) is 30.3 Å². The minimum absolute atomic E-state index is 0.0186. The van der Waals surface area contributed by atoms with E-state index < -0.39 is 5.97 Å². The number of aromatic nitrogens is 3. The second-order valence-corrected chi connectivity index (χ2v) is 5.28. The average molecular weight is 295 g/mol. The molecule has 0 saturated carbocycles. The average Bonchev–Trinajstić information content (AvgIpc) is 2.95. The van der Waals surface area contributed by atoms with Crippen LogP contribution in [0.4, 0.5) is 0 Å². The summed E-state index contributed by atoms with van der Waals surface area (Å²) in [5, 5.41) is 15.9. The molecule has 8 nitrogen and oxygen atoms in total. The topological polar surface area (TPSA) is 91.6 Å². The smallest absolute Gasteiger partial charge is 0.358 e. The van der Waals surface area contributed by atoms with Crippen molar-refractivity contribution in [3.05, 3.63) is 11.9 Å². The van der Waals surface area contributed by atoms with E-state index in [9.17, 15) is 9.59 Å². The van der Waals surface area contributed by atoms with Crippen molar-refractivity contribution in [1.29, 1.82) is 0 Å². The Bertz CT molecular complexity index is 508. The van der Waals surface area contributed by atoms with Crippen LogP contribution >= 0.6 is 0 Å². The SMILES string of the molecule is CCN1CCC(N(C)C(=O)Cn2cc(C(=O)O)nn2)CC1. The first kappa shape index (κ1) is 15.4. The van der Waals surface area contributed by atoms with Crippen LogP contribution < -0.4 is 0 Å². The van der Waals surface area contributed by atoms with Gasteiger partial charge in [0, 0.05) is 26.2 Å². The fourth-order valence-electron chi connectivity index (χ4n) is 2.55. The Morgan fingerprint density at radius 3 is 2.62 bits per heavy atom. The van der Waals surface area contributed by atoms with Crippen LogP contribution in [0.2, 0.25) is 0 Å². The Morgan fingerprint density at radius 1 is 1.43 bits per heavy atom. The minimum Gasteiger partial charge on any atom is -0.476 e.